The number of esters is 1. The van der Waals surface area contributed by atoms with E-state index in [9.17, 15) is 9.59 Å². The van der Waals surface area contributed by atoms with Gasteiger partial charge in [-0.25, -0.2) is 9.97 Å². The molecule has 7 nitrogen and oxygen atoms in total. The van der Waals surface area contributed by atoms with Crippen LogP contribution in [-0.2, 0) is 11.2 Å². The number of hydrogen-bond donors (Lipinski definition) is 1. The van der Waals surface area contributed by atoms with E-state index >= 15 is 0 Å². The Labute approximate surface area is 131 Å². The van der Waals surface area contributed by atoms with Gasteiger partial charge in [-0.2, -0.15) is 0 Å². The van der Waals surface area contributed by atoms with Gasteiger partial charge in [-0.3, -0.25) is 9.59 Å². The number of methoxy groups -OCH3 is 1. The summed E-state index contributed by atoms with van der Waals surface area (Å²) in [5, 5.41) is 1.18. The van der Waals surface area contributed by atoms with Gasteiger partial charge in [-0.15, -0.1) is 0 Å². The van der Waals surface area contributed by atoms with E-state index in [1.54, 1.807) is 12.1 Å². The van der Waals surface area contributed by atoms with Gasteiger partial charge in [0.05, 0.1) is 24.3 Å². The predicted octanol–water partition coefficient (Wildman–Crippen LogP) is 1.97. The number of aromatic nitrogens is 3. The van der Waals surface area contributed by atoms with Gasteiger partial charge in [0.2, 0.25) is 0 Å². The lowest BCUT2D eigenvalue weighted by Gasteiger charge is -2.12. The first-order valence-corrected chi connectivity index (χ1v) is 7.11. The van der Waals surface area contributed by atoms with Gasteiger partial charge in [-0.05, 0) is 18.1 Å². The van der Waals surface area contributed by atoms with E-state index in [4.69, 9.17) is 9.47 Å². The van der Waals surface area contributed by atoms with Crippen molar-refractivity contribution in [2.45, 2.75) is 20.3 Å². The van der Waals surface area contributed by atoms with Crippen LogP contribution in [0, 0.1) is 0 Å². The number of hydrogen-bond acceptors (Lipinski definition) is 6. The number of aryl methyl sites for hydroxylation is 1. The monoisotopic (exact) mass is 313 g/mol. The van der Waals surface area contributed by atoms with Crippen LogP contribution in [0.2, 0.25) is 0 Å². The minimum Gasteiger partial charge on any atom is -0.493 e. The van der Waals surface area contributed by atoms with Gasteiger partial charge in [0, 0.05) is 18.4 Å². The van der Waals surface area contributed by atoms with Crippen molar-refractivity contribution in [3.8, 4) is 11.5 Å². The smallest absolute Gasteiger partial charge is 0.308 e. The standard InChI is InChI=1S/C16H15N3O4/c1-4-9-10-5-13(23-8(2)20)12(22-3)6-11(10)19-15-14(9)16(21)18-7-17-15/h5-7H,4H2,1-3H3,(H,17,18,19,21). The van der Waals surface area contributed by atoms with Crippen LogP contribution in [0.1, 0.15) is 19.4 Å². The molecule has 0 saturated carbocycles. The lowest BCUT2D eigenvalue weighted by Crippen LogP contribution is -2.11. The number of nitrogens with zero attached hydrogens (tertiary/aromatic N) is 2. The Morgan fingerprint density at radius 2 is 2.09 bits per heavy atom. The second-order valence-corrected chi connectivity index (χ2v) is 4.99. The number of ether oxygens (including phenoxy) is 2. The molecule has 3 rings (SSSR count). The Morgan fingerprint density at radius 1 is 1.30 bits per heavy atom. The van der Waals surface area contributed by atoms with Crippen LogP contribution in [0.5, 0.6) is 11.5 Å². The minimum absolute atomic E-state index is 0.244. The quantitative estimate of drug-likeness (QED) is 0.451. The Balaban J connectivity index is 2.44. The fraction of sp³-hybridized carbons (Fsp3) is 0.250. The van der Waals surface area contributed by atoms with E-state index < -0.39 is 5.97 Å². The molecule has 1 aromatic carbocycles. The maximum atomic E-state index is 12.1. The summed E-state index contributed by atoms with van der Waals surface area (Å²) in [4.78, 5) is 34.5. The maximum Gasteiger partial charge on any atom is 0.308 e. The maximum absolute atomic E-state index is 12.1. The number of H-pyrrole nitrogens is 1. The van der Waals surface area contributed by atoms with E-state index in [2.05, 4.69) is 15.0 Å². The topological polar surface area (TPSA) is 94.2 Å². The SMILES string of the molecule is CCc1c2cc(OC(C)=O)c(OC)cc2nc2nc[nH]c(=O)c12. The summed E-state index contributed by atoms with van der Waals surface area (Å²) in [7, 11) is 1.49. The molecule has 118 valence electrons. The summed E-state index contributed by atoms with van der Waals surface area (Å²) in [5.41, 5.74) is 1.56. The molecule has 0 spiro atoms. The second-order valence-electron chi connectivity index (χ2n) is 4.99. The molecule has 0 atom stereocenters. The van der Waals surface area contributed by atoms with Crippen molar-refractivity contribution in [1.82, 2.24) is 15.0 Å². The molecule has 7 heteroatoms. The van der Waals surface area contributed by atoms with Gasteiger partial charge in [0.25, 0.3) is 5.56 Å². The third kappa shape index (κ3) is 2.50. The first-order chi connectivity index (χ1) is 11.0. The van der Waals surface area contributed by atoms with Gasteiger partial charge in [-0.1, -0.05) is 6.92 Å². The number of carbonyl (C=O) groups excluding carboxylic acids is 1. The zero-order chi connectivity index (χ0) is 16.6. The fourth-order valence-corrected chi connectivity index (χ4v) is 2.64. The molecule has 2 aromatic heterocycles. The normalized spacial score (nSPS) is 10.9. The number of rotatable bonds is 3. The Kier molecular flexibility index (Phi) is 3.69. The molecule has 0 saturated heterocycles. The molecule has 2 heterocycles. The molecule has 0 radical (unpaired) electrons. The van der Waals surface area contributed by atoms with Crippen molar-refractivity contribution < 1.29 is 14.3 Å². The summed E-state index contributed by atoms with van der Waals surface area (Å²) < 4.78 is 10.5. The molecule has 0 aliphatic rings. The van der Waals surface area contributed by atoms with Crippen LogP contribution < -0.4 is 15.0 Å². The molecule has 23 heavy (non-hydrogen) atoms. The molecule has 0 aliphatic carbocycles. The van der Waals surface area contributed by atoms with Crippen molar-refractivity contribution in [3.05, 3.63) is 34.4 Å². The Hall–Kier alpha value is -2.96. The third-order valence-electron chi connectivity index (χ3n) is 3.58. The zero-order valence-electron chi connectivity index (χ0n) is 13.0. The molecule has 0 unspecified atom stereocenters. The van der Waals surface area contributed by atoms with Gasteiger partial charge >= 0.3 is 5.97 Å². The largest absolute Gasteiger partial charge is 0.493 e. The molecular weight excluding hydrogens is 298 g/mol. The third-order valence-corrected chi connectivity index (χ3v) is 3.58. The summed E-state index contributed by atoms with van der Waals surface area (Å²) in [6.45, 7) is 3.26. The minimum atomic E-state index is -0.450. The van der Waals surface area contributed by atoms with Gasteiger partial charge in [0.15, 0.2) is 17.1 Å². The molecule has 1 N–H and O–H groups in total. The molecule has 0 fully saturated rings. The van der Waals surface area contributed by atoms with Crippen molar-refractivity contribution in [3.63, 3.8) is 0 Å². The summed E-state index contributed by atoms with van der Waals surface area (Å²) >= 11 is 0. The Morgan fingerprint density at radius 3 is 2.74 bits per heavy atom. The van der Waals surface area contributed by atoms with Crippen LogP contribution >= 0.6 is 0 Å². The number of benzene rings is 1. The number of aromatic amines is 1. The highest BCUT2D eigenvalue weighted by Gasteiger charge is 2.16. The number of nitrogens with one attached hydrogen (secondary N) is 1. The molecule has 0 bridgehead atoms. The van der Waals surface area contributed by atoms with E-state index in [1.165, 1.54) is 20.4 Å². The van der Waals surface area contributed by atoms with Crippen LogP contribution in [-0.4, -0.2) is 28.0 Å². The summed E-state index contributed by atoms with van der Waals surface area (Å²) in [5.74, 6) is 0.240. The first-order valence-electron chi connectivity index (χ1n) is 7.11. The number of carbonyl (C=O) groups is 1. The second kappa shape index (κ2) is 5.68. The van der Waals surface area contributed by atoms with Crippen LogP contribution in [0.4, 0.5) is 0 Å². The van der Waals surface area contributed by atoms with Crippen molar-refractivity contribution in [2.75, 3.05) is 7.11 Å². The summed E-state index contributed by atoms with van der Waals surface area (Å²) in [6, 6.07) is 3.35. The van der Waals surface area contributed by atoms with E-state index in [0.717, 1.165) is 10.9 Å². The highest BCUT2D eigenvalue weighted by molar-refractivity contribution is 5.97. The number of fused-ring (bicyclic) bond motifs is 2. The molecule has 0 aliphatic heterocycles. The van der Waals surface area contributed by atoms with Gasteiger partial charge in [0.1, 0.15) is 0 Å². The van der Waals surface area contributed by atoms with Crippen molar-refractivity contribution in [2.24, 2.45) is 0 Å². The predicted molar refractivity (Wildman–Crippen MR) is 84.9 cm³/mol. The van der Waals surface area contributed by atoms with Crippen molar-refractivity contribution >= 4 is 27.9 Å². The van der Waals surface area contributed by atoms with Gasteiger partial charge < -0.3 is 14.5 Å². The number of pyridine rings is 1. The average molecular weight is 313 g/mol. The van der Waals surface area contributed by atoms with E-state index in [0.29, 0.717) is 34.5 Å². The van der Waals surface area contributed by atoms with Crippen LogP contribution in [0.3, 0.4) is 0 Å². The van der Waals surface area contributed by atoms with E-state index in [-0.39, 0.29) is 5.56 Å². The summed E-state index contributed by atoms with van der Waals surface area (Å²) in [6.07, 6.45) is 1.93. The molecule has 3 aromatic rings. The average Bonchev–Trinajstić information content (AvgIpc) is 2.52. The first kappa shape index (κ1) is 15.0. The molecular formula is C16H15N3O4. The Bertz CT molecular complexity index is 978. The van der Waals surface area contributed by atoms with E-state index in [1.807, 2.05) is 6.92 Å². The zero-order valence-corrected chi connectivity index (χ0v) is 13.0. The lowest BCUT2D eigenvalue weighted by molar-refractivity contribution is -0.132. The highest BCUT2D eigenvalue weighted by Crippen LogP contribution is 2.34. The fourth-order valence-electron chi connectivity index (χ4n) is 2.64. The molecule has 0 amide bonds. The lowest BCUT2D eigenvalue weighted by atomic mass is 10.0. The van der Waals surface area contributed by atoms with Crippen LogP contribution in [0.15, 0.2) is 23.3 Å². The van der Waals surface area contributed by atoms with Crippen LogP contribution in [0.25, 0.3) is 21.9 Å². The highest BCUT2D eigenvalue weighted by atomic mass is 16.6. The van der Waals surface area contributed by atoms with Crippen molar-refractivity contribution in [1.29, 1.82) is 0 Å².